The van der Waals surface area contributed by atoms with E-state index in [0.29, 0.717) is 12.8 Å². The third-order valence-electron chi connectivity index (χ3n) is 5.64. The summed E-state index contributed by atoms with van der Waals surface area (Å²) in [4.78, 5) is 38.0. The lowest BCUT2D eigenvalue weighted by Gasteiger charge is -2.30. The molecule has 2 saturated carbocycles. The van der Waals surface area contributed by atoms with Crippen LogP contribution >= 0.6 is 0 Å². The summed E-state index contributed by atoms with van der Waals surface area (Å²) in [6, 6.07) is 0. The molecule has 24 heavy (non-hydrogen) atoms. The van der Waals surface area contributed by atoms with E-state index in [-0.39, 0.29) is 23.2 Å². The second kappa shape index (κ2) is 6.13. The number of carbonyl (C=O) groups excluding carboxylic acids is 3. The van der Waals surface area contributed by atoms with Gasteiger partial charge in [0.2, 0.25) is 0 Å². The second-order valence-electron chi connectivity index (χ2n) is 8.37. The molecule has 0 spiro atoms. The normalized spacial score (nSPS) is 28.5. The Morgan fingerprint density at radius 2 is 1.54 bits per heavy atom. The number of hydrogen-bond donors (Lipinski definition) is 0. The smallest absolute Gasteiger partial charge is 0.323 e. The van der Waals surface area contributed by atoms with Crippen LogP contribution < -0.4 is 0 Å². The summed E-state index contributed by atoms with van der Waals surface area (Å²) < 4.78 is 9.88. The van der Waals surface area contributed by atoms with Crippen molar-refractivity contribution >= 4 is 25.8 Å². The number of allylic oxidation sites excluding steroid dienone is 2. The minimum absolute atomic E-state index is 0.0206. The van der Waals surface area contributed by atoms with Gasteiger partial charge in [-0.25, -0.2) is 0 Å². The molecule has 0 N–H and O–H groups in total. The predicted molar refractivity (Wildman–Crippen MR) is 93.2 cm³/mol. The van der Waals surface area contributed by atoms with Gasteiger partial charge in [-0.1, -0.05) is 25.2 Å². The van der Waals surface area contributed by atoms with Gasteiger partial charge in [-0.15, -0.1) is 0 Å². The van der Waals surface area contributed by atoms with Crippen LogP contribution in [-0.2, 0) is 23.9 Å². The van der Waals surface area contributed by atoms with Crippen molar-refractivity contribution in [1.82, 2.24) is 0 Å². The van der Waals surface area contributed by atoms with E-state index in [4.69, 9.17) is 9.47 Å². The molecule has 3 atom stereocenters. The zero-order valence-corrected chi connectivity index (χ0v) is 16.7. The van der Waals surface area contributed by atoms with Crippen molar-refractivity contribution in [2.45, 2.75) is 51.9 Å². The summed E-state index contributed by atoms with van der Waals surface area (Å²) >= 11 is 0. The fourth-order valence-corrected chi connectivity index (χ4v) is 7.40. The molecule has 0 unspecified atom stereocenters. The molecular weight excluding hydrogens is 324 g/mol. The van der Waals surface area contributed by atoms with Crippen LogP contribution in [0.1, 0.15) is 26.7 Å². The molecule has 0 aromatic rings. The van der Waals surface area contributed by atoms with E-state index in [1.807, 2.05) is 13.8 Å². The van der Waals surface area contributed by atoms with Gasteiger partial charge in [0.1, 0.15) is 0 Å². The zero-order chi connectivity index (χ0) is 18.4. The summed E-state index contributed by atoms with van der Waals surface area (Å²) in [6.45, 7) is 10.4. The number of ketones is 1. The molecule has 2 aliphatic carbocycles. The number of Topliss-reactive ketones (excluding diaryl/α,β-unsaturated/α-hetero) is 1. The maximum Gasteiger partial charge on any atom is 0.323 e. The highest BCUT2D eigenvalue weighted by atomic mass is 28.3. The molecule has 0 radical (unpaired) electrons. The molecule has 2 aliphatic rings. The second-order valence-corrected chi connectivity index (χ2v) is 13.7. The fourth-order valence-electron chi connectivity index (χ4n) is 4.83. The van der Waals surface area contributed by atoms with E-state index in [0.717, 1.165) is 11.1 Å². The molecule has 2 fully saturated rings. The van der Waals surface area contributed by atoms with Gasteiger partial charge >= 0.3 is 11.9 Å². The summed E-state index contributed by atoms with van der Waals surface area (Å²) in [5.41, 5.74) is 0.463. The minimum Gasteiger partial charge on any atom is -0.468 e. The van der Waals surface area contributed by atoms with E-state index in [9.17, 15) is 14.4 Å². The topological polar surface area (TPSA) is 69.7 Å². The first-order chi connectivity index (χ1) is 11.0. The lowest BCUT2D eigenvalue weighted by atomic mass is 9.82. The number of rotatable bonds is 3. The molecule has 0 saturated heterocycles. The lowest BCUT2D eigenvalue weighted by molar-refractivity contribution is -0.169. The predicted octanol–water partition coefficient (Wildman–Crippen LogP) is 2.97. The SMILES string of the molecule is COC(=O)C1(C(=O)OC)C[C@@H]2[C@H](C1)C(=C(C)C)C(=O)[C@H]2[Si](C)(C)C. The number of fused-ring (bicyclic) bond motifs is 1. The van der Waals surface area contributed by atoms with Crippen molar-refractivity contribution in [2.75, 3.05) is 14.2 Å². The van der Waals surface area contributed by atoms with E-state index in [1.54, 1.807) is 0 Å². The van der Waals surface area contributed by atoms with Gasteiger partial charge in [-0.2, -0.15) is 0 Å². The molecule has 5 nitrogen and oxygen atoms in total. The average Bonchev–Trinajstić information content (AvgIpc) is 2.96. The molecule has 0 aromatic heterocycles. The molecule has 0 aliphatic heterocycles. The third kappa shape index (κ3) is 2.64. The number of ether oxygens (including phenoxy) is 2. The summed E-state index contributed by atoms with van der Waals surface area (Å²) in [6.07, 6.45) is 0.652. The molecule has 6 heteroatoms. The van der Waals surface area contributed by atoms with Crippen LogP contribution in [0.4, 0.5) is 0 Å². The zero-order valence-electron chi connectivity index (χ0n) is 15.7. The van der Waals surface area contributed by atoms with Gasteiger partial charge in [0.05, 0.1) is 22.3 Å². The molecule has 0 heterocycles. The third-order valence-corrected chi connectivity index (χ3v) is 8.20. The standard InChI is InChI=1S/C18H28O5Si/c1-10(2)13-11-8-18(16(20)22-3,17(21)23-4)9-12(11)15(14(13)19)24(5,6)7/h11-12,15H,8-9H2,1-7H3/t11-,12+,15-/m0/s1. The van der Waals surface area contributed by atoms with Crippen molar-refractivity contribution in [1.29, 1.82) is 0 Å². The Labute approximate surface area is 144 Å². The minimum atomic E-state index is -1.80. The Hall–Kier alpha value is -1.43. The summed E-state index contributed by atoms with van der Waals surface area (Å²) in [5, 5.41) is 0. The highest BCUT2D eigenvalue weighted by molar-refractivity contribution is 6.81. The highest BCUT2D eigenvalue weighted by Crippen LogP contribution is 2.61. The number of carbonyl (C=O) groups is 3. The average molecular weight is 353 g/mol. The Balaban J connectivity index is 2.57. The highest BCUT2D eigenvalue weighted by Gasteiger charge is 2.65. The Kier molecular flexibility index (Phi) is 4.83. The van der Waals surface area contributed by atoms with Crippen LogP contribution in [-0.4, -0.2) is 40.0 Å². The largest absolute Gasteiger partial charge is 0.468 e. The van der Waals surface area contributed by atoms with Gasteiger partial charge in [-0.05, 0) is 44.1 Å². The quantitative estimate of drug-likeness (QED) is 0.338. The van der Waals surface area contributed by atoms with Crippen molar-refractivity contribution in [3.63, 3.8) is 0 Å². The molecule has 0 bridgehead atoms. The number of esters is 2. The fraction of sp³-hybridized carbons (Fsp3) is 0.722. The van der Waals surface area contributed by atoms with E-state index in [1.165, 1.54) is 14.2 Å². The summed E-state index contributed by atoms with van der Waals surface area (Å²) in [7, 11) is 0.790. The van der Waals surface area contributed by atoms with Gasteiger partial charge in [-0.3, -0.25) is 14.4 Å². The van der Waals surface area contributed by atoms with Crippen molar-refractivity contribution in [3.8, 4) is 0 Å². The number of hydrogen-bond acceptors (Lipinski definition) is 5. The van der Waals surface area contributed by atoms with E-state index < -0.39 is 25.4 Å². The first kappa shape index (κ1) is 18.9. The van der Waals surface area contributed by atoms with Crippen LogP contribution in [0.15, 0.2) is 11.1 Å². The first-order valence-corrected chi connectivity index (χ1v) is 12.0. The maximum absolute atomic E-state index is 13.0. The van der Waals surface area contributed by atoms with Crippen molar-refractivity contribution in [3.05, 3.63) is 11.1 Å². The lowest BCUT2D eigenvalue weighted by Crippen LogP contribution is -2.41. The molecule has 0 amide bonds. The Bertz CT molecular complexity index is 593. The monoisotopic (exact) mass is 352 g/mol. The van der Waals surface area contributed by atoms with Gasteiger partial charge in [0.15, 0.2) is 11.2 Å². The van der Waals surface area contributed by atoms with Gasteiger partial charge in [0, 0.05) is 5.54 Å². The van der Waals surface area contributed by atoms with E-state index >= 15 is 0 Å². The first-order valence-electron chi connectivity index (χ1n) is 8.39. The number of methoxy groups -OCH3 is 2. The van der Waals surface area contributed by atoms with Crippen LogP contribution in [0, 0.1) is 17.3 Å². The Morgan fingerprint density at radius 1 is 1.04 bits per heavy atom. The Morgan fingerprint density at radius 3 is 1.92 bits per heavy atom. The maximum atomic E-state index is 13.0. The summed E-state index contributed by atoms with van der Waals surface area (Å²) in [5.74, 6) is -0.894. The van der Waals surface area contributed by atoms with Crippen LogP contribution in [0.25, 0.3) is 0 Å². The molecular formula is C18H28O5Si. The molecule has 0 aromatic carbocycles. The molecule has 134 valence electrons. The van der Waals surface area contributed by atoms with Crippen molar-refractivity contribution in [2.24, 2.45) is 17.3 Å². The van der Waals surface area contributed by atoms with Crippen molar-refractivity contribution < 1.29 is 23.9 Å². The van der Waals surface area contributed by atoms with Gasteiger partial charge < -0.3 is 9.47 Å². The van der Waals surface area contributed by atoms with Crippen LogP contribution in [0.2, 0.25) is 25.2 Å². The van der Waals surface area contributed by atoms with Crippen LogP contribution in [0.5, 0.6) is 0 Å². The van der Waals surface area contributed by atoms with Gasteiger partial charge in [0.25, 0.3) is 0 Å². The van der Waals surface area contributed by atoms with Crippen LogP contribution in [0.3, 0.4) is 0 Å². The van der Waals surface area contributed by atoms with E-state index in [2.05, 4.69) is 19.6 Å². The molecule has 2 rings (SSSR count).